The second kappa shape index (κ2) is 3.61. The molecule has 14 heavy (non-hydrogen) atoms. The monoisotopic (exact) mass is 206 g/mol. The Hall–Kier alpha value is -1.03. The van der Waals surface area contributed by atoms with Crippen molar-refractivity contribution in [1.82, 2.24) is 0 Å². The minimum atomic E-state index is -1.43. The summed E-state index contributed by atoms with van der Waals surface area (Å²) in [5, 5.41) is 20.5. The average Bonchev–Trinajstić information content (AvgIpc) is 2.16. The Labute approximate surface area is 86.9 Å². The molecule has 0 atom stereocenters. The lowest BCUT2D eigenvalue weighted by Crippen LogP contribution is -2.29. The van der Waals surface area contributed by atoms with Crippen LogP contribution >= 0.6 is 11.6 Å². The lowest BCUT2D eigenvalue weighted by atomic mass is 9.79. The fourth-order valence-corrected chi connectivity index (χ4v) is 1.58. The quantitative estimate of drug-likeness (QED) is 0.688. The topological polar surface area (TPSA) is 40.5 Å². The summed E-state index contributed by atoms with van der Waals surface area (Å²) in [5.74, 6) is 0. The van der Waals surface area contributed by atoms with Crippen molar-refractivity contribution in [1.29, 1.82) is 0 Å². The van der Waals surface area contributed by atoms with Crippen LogP contribution in [0.5, 0.6) is 0 Å². The van der Waals surface area contributed by atoms with E-state index in [0.29, 0.717) is 10.5 Å². The second-order valence-corrected chi connectivity index (χ2v) is 3.56. The summed E-state index contributed by atoms with van der Waals surface area (Å²) in [6.07, 6.45) is 0. The van der Waals surface area contributed by atoms with Crippen LogP contribution in [0.1, 0.15) is 0 Å². The Morgan fingerprint density at radius 2 is 1.64 bits per heavy atom. The lowest BCUT2D eigenvalue weighted by molar-refractivity contribution is 0.426. The van der Waals surface area contributed by atoms with E-state index in [9.17, 15) is 0 Å². The predicted octanol–water partition coefficient (Wildman–Crippen LogP) is 1.17. The molecule has 0 spiro atoms. The minimum Gasteiger partial charge on any atom is -0.423 e. The van der Waals surface area contributed by atoms with Crippen molar-refractivity contribution in [3.63, 3.8) is 0 Å². The summed E-state index contributed by atoms with van der Waals surface area (Å²) in [4.78, 5) is 0. The summed E-state index contributed by atoms with van der Waals surface area (Å²) in [7, 11) is -1.43. The molecule has 0 radical (unpaired) electrons. The van der Waals surface area contributed by atoms with Crippen molar-refractivity contribution in [3.8, 4) is 0 Å². The van der Waals surface area contributed by atoms with E-state index in [2.05, 4.69) is 0 Å². The molecule has 0 fully saturated rings. The molecule has 0 bridgehead atoms. The van der Waals surface area contributed by atoms with Crippen LogP contribution in [0.25, 0.3) is 10.8 Å². The summed E-state index contributed by atoms with van der Waals surface area (Å²) in [5.41, 5.74) is 0.472. The number of benzene rings is 2. The molecule has 0 unspecified atom stereocenters. The zero-order chi connectivity index (χ0) is 10.1. The standard InChI is InChI=1S/C10H8BClO2/c12-10-4-2-7-1-3-9(11(13)14)5-8(7)6-10/h1-6,13-14H. The first-order valence-corrected chi connectivity index (χ1v) is 4.60. The molecule has 2 nitrogen and oxygen atoms in total. The van der Waals surface area contributed by atoms with E-state index in [1.165, 1.54) is 0 Å². The Bertz CT molecular complexity index is 471. The number of halogens is 1. The molecule has 2 aromatic rings. The van der Waals surface area contributed by atoms with Crippen molar-refractivity contribution in [2.45, 2.75) is 0 Å². The highest BCUT2D eigenvalue weighted by Gasteiger charge is 2.10. The molecule has 2 rings (SSSR count). The van der Waals surface area contributed by atoms with Crippen molar-refractivity contribution >= 4 is 35.0 Å². The van der Waals surface area contributed by atoms with Crippen LogP contribution in [0, 0.1) is 0 Å². The van der Waals surface area contributed by atoms with Gasteiger partial charge in [0.05, 0.1) is 0 Å². The Balaban J connectivity index is 2.63. The summed E-state index contributed by atoms with van der Waals surface area (Å²) in [6, 6.07) is 10.7. The van der Waals surface area contributed by atoms with Crippen LogP contribution in [0.3, 0.4) is 0 Å². The molecule has 0 aromatic heterocycles. The molecule has 2 aromatic carbocycles. The third-order valence-electron chi connectivity index (χ3n) is 2.12. The van der Waals surface area contributed by atoms with Gasteiger partial charge in [-0.3, -0.25) is 0 Å². The molecular formula is C10H8BClO2. The zero-order valence-corrected chi connectivity index (χ0v) is 8.07. The molecule has 70 valence electrons. The summed E-state index contributed by atoms with van der Waals surface area (Å²) < 4.78 is 0. The van der Waals surface area contributed by atoms with Crippen LogP contribution < -0.4 is 5.46 Å². The number of hydrogen-bond donors (Lipinski definition) is 2. The molecule has 0 aliphatic carbocycles. The second-order valence-electron chi connectivity index (χ2n) is 3.12. The average molecular weight is 206 g/mol. The molecule has 0 aliphatic rings. The molecule has 4 heteroatoms. The molecule has 0 heterocycles. The Morgan fingerprint density at radius 1 is 0.929 bits per heavy atom. The van der Waals surface area contributed by atoms with E-state index in [4.69, 9.17) is 21.6 Å². The van der Waals surface area contributed by atoms with Gasteiger partial charge in [0, 0.05) is 5.02 Å². The van der Waals surface area contributed by atoms with Crippen LogP contribution in [-0.4, -0.2) is 17.2 Å². The van der Waals surface area contributed by atoms with Crippen LogP contribution in [0.15, 0.2) is 36.4 Å². The van der Waals surface area contributed by atoms with Gasteiger partial charge in [-0.05, 0) is 28.4 Å². The first-order chi connectivity index (χ1) is 6.66. The molecule has 2 N–H and O–H groups in total. The normalized spacial score (nSPS) is 10.5. The van der Waals surface area contributed by atoms with Gasteiger partial charge in [-0.1, -0.05) is 35.9 Å². The largest absolute Gasteiger partial charge is 0.488 e. The summed E-state index contributed by atoms with van der Waals surface area (Å²) in [6.45, 7) is 0. The highest BCUT2D eigenvalue weighted by atomic mass is 35.5. The highest BCUT2D eigenvalue weighted by molar-refractivity contribution is 6.58. The fourth-order valence-electron chi connectivity index (χ4n) is 1.40. The van der Waals surface area contributed by atoms with Crippen molar-refractivity contribution < 1.29 is 10.0 Å². The Kier molecular flexibility index (Phi) is 2.46. The molecule has 0 saturated heterocycles. The number of fused-ring (bicyclic) bond motifs is 1. The highest BCUT2D eigenvalue weighted by Crippen LogP contribution is 2.17. The SMILES string of the molecule is OB(O)c1ccc2ccc(Cl)cc2c1. The first-order valence-electron chi connectivity index (χ1n) is 4.22. The molecule has 0 saturated carbocycles. The van der Waals surface area contributed by atoms with E-state index in [0.717, 1.165) is 10.8 Å². The van der Waals surface area contributed by atoms with E-state index in [-0.39, 0.29) is 0 Å². The van der Waals surface area contributed by atoms with Gasteiger partial charge in [-0.25, -0.2) is 0 Å². The molecule has 0 amide bonds. The maximum atomic E-state index is 8.98. The number of hydrogen-bond acceptors (Lipinski definition) is 2. The van der Waals surface area contributed by atoms with Crippen molar-refractivity contribution in [2.75, 3.05) is 0 Å². The van der Waals surface area contributed by atoms with E-state index >= 15 is 0 Å². The van der Waals surface area contributed by atoms with Gasteiger partial charge >= 0.3 is 7.12 Å². The van der Waals surface area contributed by atoms with Gasteiger partial charge in [-0.2, -0.15) is 0 Å². The van der Waals surface area contributed by atoms with Gasteiger partial charge in [0.1, 0.15) is 0 Å². The maximum Gasteiger partial charge on any atom is 0.488 e. The van der Waals surface area contributed by atoms with E-state index in [1.54, 1.807) is 24.3 Å². The van der Waals surface area contributed by atoms with E-state index < -0.39 is 7.12 Å². The molecular weight excluding hydrogens is 198 g/mol. The van der Waals surface area contributed by atoms with Crippen LogP contribution in [-0.2, 0) is 0 Å². The van der Waals surface area contributed by atoms with E-state index in [1.807, 2.05) is 12.1 Å². The van der Waals surface area contributed by atoms with Gasteiger partial charge in [-0.15, -0.1) is 0 Å². The van der Waals surface area contributed by atoms with Gasteiger partial charge in [0.2, 0.25) is 0 Å². The molecule has 0 aliphatic heterocycles. The minimum absolute atomic E-state index is 0.472. The van der Waals surface area contributed by atoms with Gasteiger partial charge < -0.3 is 10.0 Å². The third-order valence-corrected chi connectivity index (χ3v) is 2.36. The summed E-state index contributed by atoms with van der Waals surface area (Å²) >= 11 is 5.83. The first kappa shape index (κ1) is 9.53. The number of rotatable bonds is 1. The smallest absolute Gasteiger partial charge is 0.423 e. The van der Waals surface area contributed by atoms with Gasteiger partial charge in [0.25, 0.3) is 0 Å². The van der Waals surface area contributed by atoms with Gasteiger partial charge in [0.15, 0.2) is 0 Å². The zero-order valence-electron chi connectivity index (χ0n) is 7.31. The Morgan fingerprint density at radius 3 is 2.36 bits per heavy atom. The van der Waals surface area contributed by atoms with Crippen molar-refractivity contribution in [3.05, 3.63) is 41.4 Å². The van der Waals surface area contributed by atoms with Crippen LogP contribution in [0.2, 0.25) is 5.02 Å². The van der Waals surface area contributed by atoms with Crippen molar-refractivity contribution in [2.24, 2.45) is 0 Å². The maximum absolute atomic E-state index is 8.98. The fraction of sp³-hybridized carbons (Fsp3) is 0. The third kappa shape index (κ3) is 1.75. The van der Waals surface area contributed by atoms with Crippen LogP contribution in [0.4, 0.5) is 0 Å². The predicted molar refractivity (Wildman–Crippen MR) is 58.8 cm³/mol. The lowest BCUT2D eigenvalue weighted by Gasteiger charge is -2.02.